The molecule has 0 amide bonds. The Morgan fingerprint density at radius 3 is 1.57 bits per heavy atom. The second kappa shape index (κ2) is 20.3. The van der Waals surface area contributed by atoms with Gasteiger partial charge in [0.2, 0.25) is 0 Å². The summed E-state index contributed by atoms with van der Waals surface area (Å²) in [6.07, 6.45) is 20.0. The third-order valence-corrected chi connectivity index (χ3v) is 5.94. The predicted octanol–water partition coefficient (Wildman–Crippen LogP) is 7.52. The molecule has 200 valence electrons. The lowest BCUT2D eigenvalue weighted by Gasteiger charge is -2.11. The standard InChI is InChI=1S/C29H52N4O2/c1-6-7-8-9-10-11-12-13-14-16-19-26(30)20-17-15-18-21-27-31-28(34-22-24(2)3)33-29(32-27)35-23-25(4)5/h26H,2,4,6-23,30H2,1,3,5H3. The zero-order valence-electron chi connectivity index (χ0n) is 23.0. The molecule has 2 N–H and O–H groups in total. The molecule has 1 unspecified atom stereocenters. The van der Waals surface area contributed by atoms with E-state index in [2.05, 4.69) is 35.0 Å². The van der Waals surface area contributed by atoms with Gasteiger partial charge in [0.15, 0.2) is 0 Å². The number of ether oxygens (including phenoxy) is 2. The second-order valence-electron chi connectivity index (χ2n) is 10.1. The maximum atomic E-state index is 6.35. The van der Waals surface area contributed by atoms with Gasteiger partial charge in [0.1, 0.15) is 19.0 Å². The highest BCUT2D eigenvalue weighted by molar-refractivity contribution is 5.07. The lowest BCUT2D eigenvalue weighted by Crippen LogP contribution is -2.19. The molecule has 1 aromatic rings. The number of aryl methyl sites for hydroxylation is 1. The molecule has 0 saturated carbocycles. The highest BCUT2D eigenvalue weighted by atomic mass is 16.5. The van der Waals surface area contributed by atoms with Crippen LogP contribution in [-0.2, 0) is 6.42 Å². The fourth-order valence-electron chi connectivity index (χ4n) is 3.90. The third-order valence-electron chi connectivity index (χ3n) is 5.94. The quantitative estimate of drug-likeness (QED) is 0.127. The van der Waals surface area contributed by atoms with Gasteiger partial charge in [0.25, 0.3) is 0 Å². The highest BCUT2D eigenvalue weighted by Crippen LogP contribution is 2.16. The molecule has 6 heteroatoms. The summed E-state index contributed by atoms with van der Waals surface area (Å²) in [5.74, 6) is 0.697. The van der Waals surface area contributed by atoms with Crippen LogP contribution < -0.4 is 15.2 Å². The van der Waals surface area contributed by atoms with E-state index in [0.29, 0.717) is 25.1 Å². The van der Waals surface area contributed by atoms with Gasteiger partial charge in [-0.25, -0.2) is 0 Å². The van der Waals surface area contributed by atoms with Crippen molar-refractivity contribution >= 4 is 0 Å². The minimum atomic E-state index is 0.285. The molecule has 1 heterocycles. The molecule has 35 heavy (non-hydrogen) atoms. The van der Waals surface area contributed by atoms with Crippen molar-refractivity contribution < 1.29 is 9.47 Å². The molecule has 0 saturated heterocycles. The van der Waals surface area contributed by atoms with Crippen LogP contribution in [0.25, 0.3) is 0 Å². The monoisotopic (exact) mass is 488 g/mol. The maximum absolute atomic E-state index is 6.35. The Morgan fingerprint density at radius 2 is 1.11 bits per heavy atom. The first kappa shape index (κ1) is 31.1. The van der Waals surface area contributed by atoms with Crippen molar-refractivity contribution in [3.05, 3.63) is 30.1 Å². The van der Waals surface area contributed by atoms with Gasteiger partial charge in [-0.3, -0.25) is 0 Å². The Morgan fingerprint density at radius 1 is 0.686 bits per heavy atom. The van der Waals surface area contributed by atoms with Gasteiger partial charge >= 0.3 is 12.0 Å². The Hall–Kier alpha value is -1.95. The van der Waals surface area contributed by atoms with Gasteiger partial charge in [-0.2, -0.15) is 9.97 Å². The van der Waals surface area contributed by atoms with Crippen LogP contribution in [0.5, 0.6) is 12.0 Å². The summed E-state index contributed by atoms with van der Waals surface area (Å²) in [7, 11) is 0. The number of hydrogen-bond acceptors (Lipinski definition) is 6. The summed E-state index contributed by atoms with van der Waals surface area (Å²) >= 11 is 0. The average molecular weight is 489 g/mol. The molecule has 0 aliphatic carbocycles. The summed E-state index contributed by atoms with van der Waals surface area (Å²) in [6, 6.07) is 0.895. The zero-order valence-corrected chi connectivity index (χ0v) is 23.0. The number of unbranched alkanes of at least 4 members (excludes halogenated alkanes) is 11. The van der Waals surface area contributed by atoms with E-state index in [0.717, 1.165) is 49.7 Å². The Balaban J connectivity index is 2.20. The van der Waals surface area contributed by atoms with Gasteiger partial charge in [-0.15, -0.1) is 4.98 Å². The molecule has 0 aromatic carbocycles. The Labute approximate surface area is 215 Å². The Bertz CT molecular complexity index is 672. The van der Waals surface area contributed by atoms with Crippen LogP contribution in [0, 0.1) is 0 Å². The molecule has 1 aromatic heterocycles. The van der Waals surface area contributed by atoms with E-state index in [-0.39, 0.29) is 12.0 Å². The lowest BCUT2D eigenvalue weighted by molar-refractivity contribution is 0.286. The first-order chi connectivity index (χ1) is 16.9. The highest BCUT2D eigenvalue weighted by Gasteiger charge is 2.10. The largest absolute Gasteiger partial charge is 0.459 e. The number of nitrogens with two attached hydrogens (primary N) is 1. The van der Waals surface area contributed by atoms with Crippen molar-refractivity contribution in [3.63, 3.8) is 0 Å². The van der Waals surface area contributed by atoms with E-state index in [1.807, 2.05) is 13.8 Å². The molecule has 0 fully saturated rings. The van der Waals surface area contributed by atoms with Crippen LogP contribution >= 0.6 is 0 Å². The normalized spacial score (nSPS) is 11.9. The number of aromatic nitrogens is 3. The zero-order chi connectivity index (χ0) is 25.7. The van der Waals surface area contributed by atoms with Gasteiger partial charge in [0.05, 0.1) is 0 Å². The van der Waals surface area contributed by atoms with Gasteiger partial charge in [0, 0.05) is 12.5 Å². The van der Waals surface area contributed by atoms with Crippen molar-refractivity contribution in [2.24, 2.45) is 5.73 Å². The molecular weight excluding hydrogens is 436 g/mol. The molecule has 0 spiro atoms. The Kier molecular flexibility index (Phi) is 18.0. The van der Waals surface area contributed by atoms with Crippen molar-refractivity contribution in [1.82, 2.24) is 15.0 Å². The fourth-order valence-corrected chi connectivity index (χ4v) is 3.90. The van der Waals surface area contributed by atoms with E-state index < -0.39 is 0 Å². The molecule has 0 aliphatic rings. The minimum Gasteiger partial charge on any atom is -0.459 e. The van der Waals surface area contributed by atoms with Crippen LogP contribution in [0.4, 0.5) is 0 Å². The molecule has 6 nitrogen and oxygen atoms in total. The summed E-state index contributed by atoms with van der Waals surface area (Å²) < 4.78 is 11.2. The van der Waals surface area contributed by atoms with E-state index >= 15 is 0 Å². The first-order valence-corrected chi connectivity index (χ1v) is 14.0. The SMILES string of the molecule is C=C(C)COc1nc(CCCCCC(N)CCCCCCCCCCCC)nc(OCC(=C)C)n1. The number of hydrogen-bond donors (Lipinski definition) is 1. The molecule has 0 bridgehead atoms. The summed E-state index contributed by atoms with van der Waals surface area (Å²) in [5.41, 5.74) is 8.17. The molecule has 1 atom stereocenters. The molecule has 0 radical (unpaired) electrons. The minimum absolute atomic E-state index is 0.285. The van der Waals surface area contributed by atoms with Crippen molar-refractivity contribution in [3.8, 4) is 12.0 Å². The molecular formula is C29H52N4O2. The summed E-state index contributed by atoms with van der Waals surface area (Å²) in [4.78, 5) is 13.1. The van der Waals surface area contributed by atoms with E-state index in [9.17, 15) is 0 Å². The fraction of sp³-hybridized carbons (Fsp3) is 0.759. The number of nitrogens with zero attached hydrogens (tertiary/aromatic N) is 3. The molecule has 1 rings (SSSR count). The van der Waals surface area contributed by atoms with Crippen molar-refractivity contribution in [1.29, 1.82) is 0 Å². The predicted molar refractivity (Wildman–Crippen MR) is 147 cm³/mol. The van der Waals surface area contributed by atoms with Crippen molar-refractivity contribution in [2.75, 3.05) is 13.2 Å². The maximum Gasteiger partial charge on any atom is 0.323 e. The van der Waals surface area contributed by atoms with Gasteiger partial charge in [-0.1, -0.05) is 97.1 Å². The summed E-state index contributed by atoms with van der Waals surface area (Å²) in [6.45, 7) is 14.5. The smallest absolute Gasteiger partial charge is 0.323 e. The van der Waals surface area contributed by atoms with Crippen LogP contribution in [0.3, 0.4) is 0 Å². The van der Waals surface area contributed by atoms with Crippen LogP contribution in [0.1, 0.15) is 123 Å². The van der Waals surface area contributed by atoms with Crippen LogP contribution in [0.15, 0.2) is 24.3 Å². The van der Waals surface area contributed by atoms with Gasteiger partial charge in [-0.05, 0) is 44.3 Å². The average Bonchev–Trinajstić information content (AvgIpc) is 2.82. The third kappa shape index (κ3) is 18.0. The van der Waals surface area contributed by atoms with Crippen LogP contribution in [-0.4, -0.2) is 34.2 Å². The van der Waals surface area contributed by atoms with E-state index in [1.54, 1.807) is 0 Å². The van der Waals surface area contributed by atoms with E-state index in [4.69, 9.17) is 15.2 Å². The lowest BCUT2D eigenvalue weighted by atomic mass is 10.0. The van der Waals surface area contributed by atoms with E-state index in [1.165, 1.54) is 64.2 Å². The summed E-state index contributed by atoms with van der Waals surface area (Å²) in [5, 5.41) is 0. The second-order valence-corrected chi connectivity index (χ2v) is 10.1. The molecule has 0 aliphatic heterocycles. The number of rotatable bonds is 23. The topological polar surface area (TPSA) is 83.2 Å². The van der Waals surface area contributed by atoms with Crippen molar-refractivity contribution in [2.45, 2.75) is 130 Å². The van der Waals surface area contributed by atoms with Gasteiger partial charge < -0.3 is 15.2 Å². The first-order valence-electron chi connectivity index (χ1n) is 14.0. The van der Waals surface area contributed by atoms with Crippen LogP contribution in [0.2, 0.25) is 0 Å².